The monoisotopic (exact) mass is 141 g/mol. The first-order valence-electron chi connectivity index (χ1n) is 3.87. The molecular weight excluding hydrogens is 126 g/mol. The fraction of sp³-hybridized carbons (Fsp3) is 0.875. The molecule has 1 saturated carbocycles. The second kappa shape index (κ2) is 3.15. The van der Waals surface area contributed by atoms with Crippen molar-refractivity contribution in [2.45, 2.75) is 25.3 Å². The molecule has 2 nitrogen and oxygen atoms in total. The van der Waals surface area contributed by atoms with E-state index >= 15 is 0 Å². The second-order valence-corrected chi connectivity index (χ2v) is 3.26. The van der Waals surface area contributed by atoms with Crippen LogP contribution >= 0.6 is 0 Å². The normalized spacial score (nSPS) is 33.1. The van der Waals surface area contributed by atoms with Crippen LogP contribution in [0.1, 0.15) is 19.3 Å². The van der Waals surface area contributed by atoms with Gasteiger partial charge < -0.3 is 9.69 Å². The Balaban J connectivity index is 2.49. The molecule has 1 aliphatic rings. The SMILES string of the molecule is CN(C)[C@@H]1CCC[C@@H]1C=O. The molecular formula is C8H15NO. The molecule has 10 heavy (non-hydrogen) atoms. The van der Waals surface area contributed by atoms with Crippen molar-refractivity contribution in [3.05, 3.63) is 0 Å². The average Bonchev–Trinajstić information content (AvgIpc) is 2.33. The summed E-state index contributed by atoms with van der Waals surface area (Å²) in [7, 11) is 4.10. The zero-order valence-electron chi connectivity index (χ0n) is 6.71. The van der Waals surface area contributed by atoms with Crippen LogP contribution in [0, 0.1) is 5.92 Å². The van der Waals surface area contributed by atoms with Gasteiger partial charge in [0.15, 0.2) is 0 Å². The Bertz CT molecular complexity index is 122. The van der Waals surface area contributed by atoms with Gasteiger partial charge in [-0.15, -0.1) is 0 Å². The summed E-state index contributed by atoms with van der Waals surface area (Å²) in [6.45, 7) is 0. The molecule has 0 unspecified atom stereocenters. The van der Waals surface area contributed by atoms with E-state index in [1.54, 1.807) is 0 Å². The molecule has 0 heterocycles. The van der Waals surface area contributed by atoms with Gasteiger partial charge in [-0.3, -0.25) is 0 Å². The average molecular weight is 141 g/mol. The lowest BCUT2D eigenvalue weighted by molar-refractivity contribution is -0.112. The van der Waals surface area contributed by atoms with Crippen LogP contribution in [0.5, 0.6) is 0 Å². The van der Waals surface area contributed by atoms with Crippen LogP contribution in [0.15, 0.2) is 0 Å². The van der Waals surface area contributed by atoms with E-state index in [9.17, 15) is 4.79 Å². The minimum absolute atomic E-state index is 0.301. The van der Waals surface area contributed by atoms with Gasteiger partial charge in [0.1, 0.15) is 6.29 Å². The molecule has 0 aromatic rings. The van der Waals surface area contributed by atoms with E-state index in [2.05, 4.69) is 4.90 Å². The van der Waals surface area contributed by atoms with Crippen LogP contribution in [0.4, 0.5) is 0 Å². The number of aldehydes is 1. The van der Waals surface area contributed by atoms with E-state index in [1.807, 2.05) is 14.1 Å². The summed E-state index contributed by atoms with van der Waals surface area (Å²) in [6.07, 6.45) is 4.60. The molecule has 1 aliphatic carbocycles. The summed E-state index contributed by atoms with van der Waals surface area (Å²) in [5, 5.41) is 0. The topological polar surface area (TPSA) is 20.3 Å². The van der Waals surface area contributed by atoms with Crippen molar-refractivity contribution >= 4 is 6.29 Å². The maximum atomic E-state index is 10.5. The van der Waals surface area contributed by atoms with Crippen molar-refractivity contribution in [3.8, 4) is 0 Å². The van der Waals surface area contributed by atoms with Crippen LogP contribution in [-0.4, -0.2) is 31.3 Å². The molecule has 0 amide bonds. The number of carbonyl (C=O) groups excluding carboxylic acids is 1. The summed E-state index contributed by atoms with van der Waals surface area (Å²) in [4.78, 5) is 12.7. The predicted octanol–water partition coefficient (Wildman–Crippen LogP) is 0.916. The predicted molar refractivity (Wildman–Crippen MR) is 40.9 cm³/mol. The Morgan fingerprint density at radius 1 is 1.40 bits per heavy atom. The van der Waals surface area contributed by atoms with Crippen molar-refractivity contribution in [1.82, 2.24) is 4.90 Å². The molecule has 1 rings (SSSR count). The molecule has 0 spiro atoms. The zero-order chi connectivity index (χ0) is 7.56. The lowest BCUT2D eigenvalue weighted by Gasteiger charge is -2.21. The van der Waals surface area contributed by atoms with Crippen LogP contribution in [-0.2, 0) is 4.79 Å². The summed E-state index contributed by atoms with van der Waals surface area (Å²) < 4.78 is 0. The minimum Gasteiger partial charge on any atom is -0.306 e. The van der Waals surface area contributed by atoms with E-state index in [0.717, 1.165) is 12.7 Å². The summed E-state index contributed by atoms with van der Waals surface area (Å²) in [5.41, 5.74) is 0. The molecule has 0 N–H and O–H groups in total. The van der Waals surface area contributed by atoms with E-state index in [0.29, 0.717) is 12.0 Å². The molecule has 0 aliphatic heterocycles. The van der Waals surface area contributed by atoms with Crippen molar-refractivity contribution in [3.63, 3.8) is 0 Å². The minimum atomic E-state index is 0.301. The highest BCUT2D eigenvalue weighted by Crippen LogP contribution is 2.26. The second-order valence-electron chi connectivity index (χ2n) is 3.26. The van der Waals surface area contributed by atoms with Crippen molar-refractivity contribution < 1.29 is 4.79 Å². The van der Waals surface area contributed by atoms with E-state index in [-0.39, 0.29) is 0 Å². The molecule has 2 heteroatoms. The highest BCUT2D eigenvalue weighted by atomic mass is 16.1. The highest BCUT2D eigenvalue weighted by molar-refractivity contribution is 5.55. The summed E-state index contributed by atoms with van der Waals surface area (Å²) in [6, 6.07) is 0.512. The van der Waals surface area contributed by atoms with Gasteiger partial charge in [0, 0.05) is 12.0 Å². The van der Waals surface area contributed by atoms with Gasteiger partial charge >= 0.3 is 0 Å². The Hall–Kier alpha value is -0.370. The highest BCUT2D eigenvalue weighted by Gasteiger charge is 2.27. The van der Waals surface area contributed by atoms with Crippen LogP contribution in [0.25, 0.3) is 0 Å². The van der Waals surface area contributed by atoms with E-state index < -0.39 is 0 Å². The first-order valence-corrected chi connectivity index (χ1v) is 3.87. The summed E-state index contributed by atoms with van der Waals surface area (Å²) in [5.74, 6) is 0.301. The van der Waals surface area contributed by atoms with Gasteiger partial charge in [-0.25, -0.2) is 0 Å². The molecule has 0 radical (unpaired) electrons. The maximum Gasteiger partial charge on any atom is 0.124 e. The largest absolute Gasteiger partial charge is 0.306 e. The van der Waals surface area contributed by atoms with Gasteiger partial charge in [-0.05, 0) is 26.9 Å². The molecule has 0 saturated heterocycles. The van der Waals surface area contributed by atoms with Gasteiger partial charge in [-0.1, -0.05) is 6.42 Å². The number of hydrogen-bond donors (Lipinski definition) is 0. The quantitative estimate of drug-likeness (QED) is 0.533. The van der Waals surface area contributed by atoms with Crippen molar-refractivity contribution in [1.29, 1.82) is 0 Å². The zero-order valence-corrected chi connectivity index (χ0v) is 6.71. The van der Waals surface area contributed by atoms with Crippen molar-refractivity contribution in [2.75, 3.05) is 14.1 Å². The number of nitrogens with zero attached hydrogens (tertiary/aromatic N) is 1. The maximum absolute atomic E-state index is 10.5. The number of rotatable bonds is 2. The van der Waals surface area contributed by atoms with Crippen LogP contribution < -0.4 is 0 Å². The Morgan fingerprint density at radius 3 is 2.50 bits per heavy atom. The summed E-state index contributed by atoms with van der Waals surface area (Å²) >= 11 is 0. The Kier molecular flexibility index (Phi) is 2.44. The molecule has 0 bridgehead atoms. The van der Waals surface area contributed by atoms with Crippen molar-refractivity contribution in [2.24, 2.45) is 5.92 Å². The lowest BCUT2D eigenvalue weighted by Crippen LogP contribution is -2.31. The van der Waals surface area contributed by atoms with E-state index in [1.165, 1.54) is 12.8 Å². The van der Waals surface area contributed by atoms with Crippen LogP contribution in [0.2, 0.25) is 0 Å². The van der Waals surface area contributed by atoms with Gasteiger partial charge in [0.2, 0.25) is 0 Å². The number of hydrogen-bond acceptors (Lipinski definition) is 2. The standard InChI is InChI=1S/C8H15NO/c1-9(2)8-5-3-4-7(8)6-10/h6-8H,3-5H2,1-2H3/t7-,8-/m1/s1. The van der Waals surface area contributed by atoms with E-state index in [4.69, 9.17) is 0 Å². The third kappa shape index (κ3) is 1.37. The first-order chi connectivity index (χ1) is 4.75. The number of carbonyl (C=O) groups is 1. The van der Waals surface area contributed by atoms with Gasteiger partial charge in [0.05, 0.1) is 0 Å². The molecule has 1 fully saturated rings. The van der Waals surface area contributed by atoms with Gasteiger partial charge in [-0.2, -0.15) is 0 Å². The Labute approximate surface area is 62.2 Å². The van der Waals surface area contributed by atoms with Gasteiger partial charge in [0.25, 0.3) is 0 Å². The molecule has 0 aromatic heterocycles. The fourth-order valence-corrected chi connectivity index (χ4v) is 1.77. The lowest BCUT2D eigenvalue weighted by atomic mass is 10.1. The molecule has 2 atom stereocenters. The Morgan fingerprint density at radius 2 is 2.10 bits per heavy atom. The smallest absolute Gasteiger partial charge is 0.124 e. The third-order valence-corrected chi connectivity index (χ3v) is 2.37. The third-order valence-electron chi connectivity index (χ3n) is 2.37. The fourth-order valence-electron chi connectivity index (χ4n) is 1.77. The first kappa shape index (κ1) is 7.73. The molecule has 58 valence electrons. The molecule has 0 aromatic carbocycles. The van der Waals surface area contributed by atoms with Crippen LogP contribution in [0.3, 0.4) is 0 Å².